The Morgan fingerprint density at radius 1 is 1.06 bits per heavy atom. The monoisotopic (exact) mass is 239 g/mol. The fourth-order valence-corrected chi connectivity index (χ4v) is 2.52. The van der Waals surface area contributed by atoms with Crippen molar-refractivity contribution in [1.29, 1.82) is 0 Å². The quantitative estimate of drug-likeness (QED) is 0.640. The van der Waals surface area contributed by atoms with Gasteiger partial charge in [-0.25, -0.2) is 0 Å². The molecule has 0 fully saturated rings. The zero-order chi connectivity index (χ0) is 11.7. The topological polar surface area (TPSA) is 30.0 Å². The number of aromatic nitrogens is 1. The molecule has 0 aliphatic rings. The molecular formula is C14H9NOS. The van der Waals surface area contributed by atoms with E-state index in [1.165, 1.54) is 11.3 Å². The summed E-state index contributed by atoms with van der Waals surface area (Å²) >= 11 is 1.46. The van der Waals surface area contributed by atoms with Crippen LogP contribution in [0.1, 0.15) is 15.2 Å². The minimum Gasteiger partial charge on any atom is -0.288 e. The van der Waals surface area contributed by atoms with Gasteiger partial charge in [-0.15, -0.1) is 11.3 Å². The largest absolute Gasteiger partial charge is 0.288 e. The molecule has 2 aromatic heterocycles. The third-order valence-corrected chi connectivity index (χ3v) is 3.50. The first-order valence-corrected chi connectivity index (χ1v) is 6.16. The van der Waals surface area contributed by atoms with Crippen molar-refractivity contribution in [1.82, 2.24) is 4.98 Å². The molecule has 2 heterocycles. The molecule has 0 spiro atoms. The third-order valence-electron chi connectivity index (χ3n) is 2.64. The van der Waals surface area contributed by atoms with E-state index >= 15 is 0 Å². The van der Waals surface area contributed by atoms with E-state index in [1.54, 1.807) is 6.20 Å². The van der Waals surface area contributed by atoms with Crippen LogP contribution in [-0.4, -0.2) is 10.8 Å². The Balaban J connectivity index is 2.21. The molecule has 0 bridgehead atoms. The van der Waals surface area contributed by atoms with Crippen LogP contribution in [0, 0.1) is 0 Å². The summed E-state index contributed by atoms with van der Waals surface area (Å²) in [6.07, 6.45) is 1.74. The number of fused-ring (bicyclic) bond motifs is 1. The highest BCUT2D eigenvalue weighted by atomic mass is 32.1. The molecule has 0 saturated heterocycles. The fourth-order valence-electron chi connectivity index (χ4n) is 1.84. The maximum atomic E-state index is 12.3. The highest BCUT2D eigenvalue weighted by molar-refractivity contribution is 7.12. The van der Waals surface area contributed by atoms with E-state index in [-0.39, 0.29) is 5.78 Å². The Labute approximate surface area is 103 Å². The Bertz CT molecular complexity index is 668. The molecule has 0 aliphatic heterocycles. The minimum atomic E-state index is 0.0681. The lowest BCUT2D eigenvalue weighted by Crippen LogP contribution is -1.99. The number of carbonyl (C=O) groups excluding carboxylic acids is 1. The van der Waals surface area contributed by atoms with Gasteiger partial charge in [0.15, 0.2) is 0 Å². The molecule has 3 aromatic rings. The van der Waals surface area contributed by atoms with Gasteiger partial charge in [0.25, 0.3) is 0 Å². The van der Waals surface area contributed by atoms with Gasteiger partial charge < -0.3 is 0 Å². The second kappa shape index (κ2) is 4.11. The van der Waals surface area contributed by atoms with Crippen LogP contribution in [0.3, 0.4) is 0 Å². The molecule has 1 aromatic carbocycles. The van der Waals surface area contributed by atoms with Crippen molar-refractivity contribution >= 4 is 28.0 Å². The predicted octanol–water partition coefficient (Wildman–Crippen LogP) is 3.53. The third kappa shape index (κ3) is 1.74. The van der Waals surface area contributed by atoms with E-state index in [0.29, 0.717) is 0 Å². The van der Waals surface area contributed by atoms with Gasteiger partial charge in [-0.3, -0.25) is 9.78 Å². The van der Waals surface area contributed by atoms with Crippen LogP contribution in [0.5, 0.6) is 0 Å². The van der Waals surface area contributed by atoms with Gasteiger partial charge in [-0.05, 0) is 23.6 Å². The summed E-state index contributed by atoms with van der Waals surface area (Å²) in [5.74, 6) is 0.0681. The first-order valence-electron chi connectivity index (χ1n) is 5.28. The summed E-state index contributed by atoms with van der Waals surface area (Å²) in [6, 6.07) is 13.2. The Morgan fingerprint density at radius 2 is 2.00 bits per heavy atom. The molecular weight excluding hydrogens is 230 g/mol. The zero-order valence-electron chi connectivity index (χ0n) is 8.96. The van der Waals surface area contributed by atoms with Gasteiger partial charge >= 0.3 is 0 Å². The molecule has 2 nitrogen and oxygen atoms in total. The van der Waals surface area contributed by atoms with Crippen molar-refractivity contribution < 1.29 is 4.79 Å². The van der Waals surface area contributed by atoms with Crippen LogP contribution < -0.4 is 0 Å². The number of benzene rings is 1. The lowest BCUT2D eigenvalue weighted by atomic mass is 10.0. The van der Waals surface area contributed by atoms with E-state index < -0.39 is 0 Å². The summed E-state index contributed by atoms with van der Waals surface area (Å²) in [5, 5.41) is 2.82. The molecule has 0 amide bonds. The first-order chi connectivity index (χ1) is 8.36. The van der Waals surface area contributed by atoms with Crippen molar-refractivity contribution in [2.75, 3.05) is 0 Å². The minimum absolute atomic E-state index is 0.0681. The second-order valence-electron chi connectivity index (χ2n) is 3.68. The van der Waals surface area contributed by atoms with Gasteiger partial charge in [0.1, 0.15) is 0 Å². The number of thiophene rings is 1. The van der Waals surface area contributed by atoms with Crippen LogP contribution in [0.2, 0.25) is 0 Å². The van der Waals surface area contributed by atoms with Gasteiger partial charge in [0.05, 0.1) is 10.4 Å². The van der Waals surface area contributed by atoms with Crippen LogP contribution in [0.4, 0.5) is 0 Å². The van der Waals surface area contributed by atoms with Crippen LogP contribution in [0.15, 0.2) is 54.0 Å². The van der Waals surface area contributed by atoms with Crippen LogP contribution >= 0.6 is 11.3 Å². The van der Waals surface area contributed by atoms with E-state index in [9.17, 15) is 4.79 Å². The number of ketones is 1. The van der Waals surface area contributed by atoms with Gasteiger partial charge in [0.2, 0.25) is 5.78 Å². The zero-order valence-corrected chi connectivity index (χ0v) is 9.78. The van der Waals surface area contributed by atoms with Crippen molar-refractivity contribution in [2.45, 2.75) is 0 Å². The Hall–Kier alpha value is -2.00. The predicted molar refractivity (Wildman–Crippen MR) is 69.5 cm³/mol. The smallest absolute Gasteiger partial charge is 0.203 e. The first kappa shape index (κ1) is 10.2. The molecule has 17 heavy (non-hydrogen) atoms. The average molecular weight is 239 g/mol. The van der Waals surface area contributed by atoms with Gasteiger partial charge in [0, 0.05) is 17.1 Å². The molecule has 0 N–H and O–H groups in total. The standard InChI is InChI=1S/C14H9NOS/c16-14(13-7-3-9-17-13)11-4-1-6-12-10(11)5-2-8-15-12/h1-9H. The lowest BCUT2D eigenvalue weighted by Gasteiger charge is -2.03. The van der Waals surface area contributed by atoms with Crippen molar-refractivity contribution in [3.63, 3.8) is 0 Å². The number of hydrogen-bond donors (Lipinski definition) is 0. The molecule has 0 atom stereocenters. The van der Waals surface area contributed by atoms with Crippen LogP contribution in [0.25, 0.3) is 10.9 Å². The van der Waals surface area contributed by atoms with Gasteiger partial charge in [-0.1, -0.05) is 24.3 Å². The second-order valence-corrected chi connectivity index (χ2v) is 4.63. The lowest BCUT2D eigenvalue weighted by molar-refractivity contribution is 0.104. The van der Waals surface area contributed by atoms with Crippen LogP contribution in [-0.2, 0) is 0 Å². The number of nitrogens with zero attached hydrogens (tertiary/aromatic N) is 1. The molecule has 3 heteroatoms. The van der Waals surface area contributed by atoms with E-state index in [1.807, 2.05) is 47.8 Å². The van der Waals surface area contributed by atoms with Gasteiger partial charge in [-0.2, -0.15) is 0 Å². The molecule has 0 saturated carbocycles. The molecule has 82 valence electrons. The average Bonchev–Trinajstić information content (AvgIpc) is 2.91. The van der Waals surface area contributed by atoms with E-state index in [0.717, 1.165) is 21.3 Å². The molecule has 0 aliphatic carbocycles. The molecule has 0 unspecified atom stereocenters. The fraction of sp³-hybridized carbons (Fsp3) is 0. The Morgan fingerprint density at radius 3 is 2.82 bits per heavy atom. The normalized spacial score (nSPS) is 10.6. The number of pyridine rings is 1. The van der Waals surface area contributed by atoms with Crippen molar-refractivity contribution in [2.24, 2.45) is 0 Å². The summed E-state index contributed by atoms with van der Waals surface area (Å²) in [7, 11) is 0. The number of hydrogen-bond acceptors (Lipinski definition) is 3. The summed E-state index contributed by atoms with van der Waals surface area (Å²) in [5.41, 5.74) is 1.58. The number of rotatable bonds is 2. The summed E-state index contributed by atoms with van der Waals surface area (Å²) < 4.78 is 0. The van der Waals surface area contributed by atoms with Crippen molar-refractivity contribution in [3.05, 3.63) is 64.5 Å². The van der Waals surface area contributed by atoms with E-state index in [4.69, 9.17) is 0 Å². The molecule has 0 radical (unpaired) electrons. The maximum Gasteiger partial charge on any atom is 0.203 e. The summed E-state index contributed by atoms with van der Waals surface area (Å²) in [4.78, 5) is 17.3. The Kier molecular flexibility index (Phi) is 2.46. The van der Waals surface area contributed by atoms with E-state index in [2.05, 4.69) is 4.98 Å². The van der Waals surface area contributed by atoms with Crippen molar-refractivity contribution in [3.8, 4) is 0 Å². The highest BCUT2D eigenvalue weighted by Gasteiger charge is 2.12. The molecule has 3 rings (SSSR count). The maximum absolute atomic E-state index is 12.3. The summed E-state index contributed by atoms with van der Waals surface area (Å²) in [6.45, 7) is 0. The highest BCUT2D eigenvalue weighted by Crippen LogP contribution is 2.21. The number of carbonyl (C=O) groups is 1. The SMILES string of the molecule is O=C(c1cccs1)c1cccc2ncccc12.